The third-order valence-corrected chi connectivity index (χ3v) is 3.49. The molecule has 0 radical (unpaired) electrons. The quantitative estimate of drug-likeness (QED) is 0.691. The van der Waals surface area contributed by atoms with Gasteiger partial charge in [0.15, 0.2) is 0 Å². The smallest absolute Gasteiger partial charge is 0.219 e. The fourth-order valence-electron chi connectivity index (χ4n) is 1.59. The van der Waals surface area contributed by atoms with Gasteiger partial charge in [-0.25, -0.2) is 0 Å². The van der Waals surface area contributed by atoms with Crippen LogP contribution >= 0.6 is 11.8 Å². The van der Waals surface area contributed by atoms with Crippen LogP contribution in [-0.2, 0) is 11.3 Å². The lowest BCUT2D eigenvalue weighted by Crippen LogP contribution is -2.29. The predicted octanol–water partition coefficient (Wildman–Crippen LogP) is 3.17. The topological polar surface area (TPSA) is 20.3 Å². The molecule has 16 heavy (non-hydrogen) atoms. The van der Waals surface area contributed by atoms with E-state index in [-0.39, 0.29) is 5.91 Å². The van der Waals surface area contributed by atoms with Gasteiger partial charge in [-0.3, -0.25) is 4.79 Å². The summed E-state index contributed by atoms with van der Waals surface area (Å²) in [6, 6.07) is 8.31. The van der Waals surface area contributed by atoms with Gasteiger partial charge in [0.25, 0.3) is 0 Å². The first kappa shape index (κ1) is 13.1. The fourth-order valence-corrected chi connectivity index (χ4v) is 2.62. The van der Waals surface area contributed by atoms with Crippen LogP contribution in [0.4, 0.5) is 0 Å². The third-order valence-electron chi connectivity index (χ3n) is 2.40. The van der Waals surface area contributed by atoms with Crippen LogP contribution in [0.15, 0.2) is 29.2 Å². The van der Waals surface area contributed by atoms with Crippen LogP contribution in [0.1, 0.15) is 26.3 Å². The van der Waals surface area contributed by atoms with Crippen molar-refractivity contribution in [2.45, 2.75) is 32.2 Å². The zero-order valence-corrected chi connectivity index (χ0v) is 11.0. The van der Waals surface area contributed by atoms with E-state index in [1.807, 2.05) is 36.6 Å². The van der Waals surface area contributed by atoms with Crippen molar-refractivity contribution in [2.75, 3.05) is 12.3 Å². The highest BCUT2D eigenvalue weighted by atomic mass is 32.2. The van der Waals surface area contributed by atoms with Gasteiger partial charge in [0, 0.05) is 30.7 Å². The van der Waals surface area contributed by atoms with E-state index in [4.69, 9.17) is 0 Å². The summed E-state index contributed by atoms with van der Waals surface area (Å²) < 4.78 is 0. The number of carbonyl (C=O) groups excluding carboxylic acids is 1. The molecular weight excluding hydrogens is 218 g/mol. The van der Waals surface area contributed by atoms with Gasteiger partial charge in [-0.2, -0.15) is 0 Å². The summed E-state index contributed by atoms with van der Waals surface area (Å²) in [5.74, 6) is 1.17. The number of hydrogen-bond donors (Lipinski definition) is 0. The molecule has 0 atom stereocenters. The first-order valence-electron chi connectivity index (χ1n) is 5.73. The number of amides is 1. The molecule has 1 aliphatic rings. The predicted molar refractivity (Wildman–Crippen MR) is 69.6 cm³/mol. The van der Waals surface area contributed by atoms with Gasteiger partial charge in [0.1, 0.15) is 0 Å². The van der Waals surface area contributed by atoms with E-state index in [9.17, 15) is 4.79 Å². The fraction of sp³-hybridized carbons (Fsp3) is 0.462. The molecule has 1 amide bonds. The van der Waals surface area contributed by atoms with E-state index in [2.05, 4.69) is 18.2 Å². The van der Waals surface area contributed by atoms with Crippen LogP contribution in [0.25, 0.3) is 0 Å². The Kier molecular flexibility index (Phi) is 5.39. The molecule has 0 aliphatic carbocycles. The highest BCUT2D eigenvalue weighted by Crippen LogP contribution is 2.26. The lowest BCUT2D eigenvalue weighted by molar-refractivity contribution is -0.129. The van der Waals surface area contributed by atoms with Gasteiger partial charge in [-0.15, -0.1) is 11.8 Å². The Labute approximate surface area is 102 Å². The second-order valence-corrected chi connectivity index (χ2v) is 4.53. The molecule has 88 valence electrons. The Balaban J connectivity index is 0.000000606. The Morgan fingerprint density at radius 2 is 2.00 bits per heavy atom. The third kappa shape index (κ3) is 3.27. The van der Waals surface area contributed by atoms with E-state index in [0.29, 0.717) is 0 Å². The van der Waals surface area contributed by atoms with Crippen LogP contribution < -0.4 is 0 Å². The number of carbonyl (C=O) groups is 1. The average Bonchev–Trinajstić information content (AvgIpc) is 2.53. The van der Waals surface area contributed by atoms with E-state index < -0.39 is 0 Å². The monoisotopic (exact) mass is 237 g/mol. The first-order valence-corrected chi connectivity index (χ1v) is 6.72. The minimum atomic E-state index is 0.169. The van der Waals surface area contributed by atoms with Crippen molar-refractivity contribution in [2.24, 2.45) is 0 Å². The van der Waals surface area contributed by atoms with Gasteiger partial charge in [-0.05, 0) is 11.6 Å². The van der Waals surface area contributed by atoms with Crippen LogP contribution in [-0.4, -0.2) is 23.1 Å². The summed E-state index contributed by atoms with van der Waals surface area (Å²) in [6.45, 7) is 7.26. The van der Waals surface area contributed by atoms with Crippen molar-refractivity contribution in [1.82, 2.24) is 4.90 Å². The van der Waals surface area contributed by atoms with Crippen molar-refractivity contribution in [3.05, 3.63) is 29.8 Å². The standard InChI is InChI=1S/C11H13NOS.C2H6/c1-9(13)12-6-7-14-11-5-3-2-4-10(11)8-12;1-2/h2-5H,6-8H2,1H3;1-2H3. The Morgan fingerprint density at radius 3 is 2.69 bits per heavy atom. The summed E-state index contributed by atoms with van der Waals surface area (Å²) in [6.07, 6.45) is 0. The molecular formula is C13H19NOS. The van der Waals surface area contributed by atoms with Gasteiger partial charge < -0.3 is 4.90 Å². The van der Waals surface area contributed by atoms with E-state index in [0.717, 1.165) is 18.8 Å². The highest BCUT2D eigenvalue weighted by Gasteiger charge is 2.15. The van der Waals surface area contributed by atoms with Gasteiger partial charge >= 0.3 is 0 Å². The molecule has 1 aliphatic heterocycles. The van der Waals surface area contributed by atoms with Crippen molar-refractivity contribution >= 4 is 17.7 Å². The van der Waals surface area contributed by atoms with Crippen LogP contribution in [0.2, 0.25) is 0 Å². The molecule has 1 aromatic carbocycles. The normalized spacial score (nSPS) is 14.3. The Morgan fingerprint density at radius 1 is 1.31 bits per heavy atom. The second-order valence-electron chi connectivity index (χ2n) is 3.40. The molecule has 0 spiro atoms. The molecule has 3 heteroatoms. The Hall–Kier alpha value is -0.960. The first-order chi connectivity index (χ1) is 7.77. The molecule has 2 nitrogen and oxygen atoms in total. The minimum Gasteiger partial charge on any atom is -0.338 e. The maximum absolute atomic E-state index is 11.3. The number of benzene rings is 1. The summed E-state index contributed by atoms with van der Waals surface area (Å²) in [7, 11) is 0. The van der Waals surface area contributed by atoms with Crippen molar-refractivity contribution in [3.63, 3.8) is 0 Å². The highest BCUT2D eigenvalue weighted by molar-refractivity contribution is 7.99. The molecule has 0 unspecified atom stereocenters. The number of hydrogen-bond acceptors (Lipinski definition) is 2. The maximum Gasteiger partial charge on any atom is 0.219 e. The molecule has 1 aromatic rings. The minimum absolute atomic E-state index is 0.169. The maximum atomic E-state index is 11.3. The zero-order chi connectivity index (χ0) is 12.0. The van der Waals surface area contributed by atoms with E-state index in [1.54, 1.807) is 6.92 Å². The number of nitrogens with zero attached hydrogens (tertiary/aromatic N) is 1. The van der Waals surface area contributed by atoms with Crippen molar-refractivity contribution in [1.29, 1.82) is 0 Å². The molecule has 0 bridgehead atoms. The Bertz CT molecular complexity index is 352. The molecule has 2 rings (SSSR count). The van der Waals surface area contributed by atoms with Crippen LogP contribution in [0, 0.1) is 0 Å². The van der Waals surface area contributed by atoms with E-state index >= 15 is 0 Å². The molecule has 0 aromatic heterocycles. The van der Waals surface area contributed by atoms with Gasteiger partial charge in [-0.1, -0.05) is 32.0 Å². The van der Waals surface area contributed by atoms with Crippen molar-refractivity contribution in [3.8, 4) is 0 Å². The molecule has 0 N–H and O–H groups in total. The lowest BCUT2D eigenvalue weighted by atomic mass is 10.2. The van der Waals surface area contributed by atoms with Gasteiger partial charge in [0.05, 0.1) is 0 Å². The second kappa shape index (κ2) is 6.59. The van der Waals surface area contributed by atoms with Crippen molar-refractivity contribution < 1.29 is 4.79 Å². The summed E-state index contributed by atoms with van der Waals surface area (Å²) in [5.41, 5.74) is 1.27. The van der Waals surface area contributed by atoms with Crippen LogP contribution in [0.5, 0.6) is 0 Å². The van der Waals surface area contributed by atoms with Crippen LogP contribution in [0.3, 0.4) is 0 Å². The van der Waals surface area contributed by atoms with Gasteiger partial charge in [0.2, 0.25) is 5.91 Å². The largest absolute Gasteiger partial charge is 0.338 e. The molecule has 0 fully saturated rings. The molecule has 0 saturated heterocycles. The zero-order valence-electron chi connectivity index (χ0n) is 10.2. The average molecular weight is 237 g/mol. The summed E-state index contributed by atoms with van der Waals surface area (Å²) in [4.78, 5) is 14.5. The summed E-state index contributed by atoms with van der Waals surface area (Å²) >= 11 is 1.84. The lowest BCUT2D eigenvalue weighted by Gasteiger charge is -2.17. The molecule has 1 heterocycles. The SMILES string of the molecule is CC.CC(=O)N1CCSc2ccccc2C1. The number of fused-ring (bicyclic) bond motifs is 1. The van der Waals surface area contributed by atoms with E-state index in [1.165, 1.54) is 10.5 Å². The molecule has 0 saturated carbocycles. The number of rotatable bonds is 0. The summed E-state index contributed by atoms with van der Waals surface area (Å²) in [5, 5.41) is 0. The number of thioether (sulfide) groups is 1.